The van der Waals surface area contributed by atoms with E-state index in [0.29, 0.717) is 0 Å². The fraction of sp³-hybridized carbons (Fsp3) is 0.360. The van der Waals surface area contributed by atoms with Crippen LogP contribution >= 0.6 is 0 Å². The van der Waals surface area contributed by atoms with E-state index in [9.17, 15) is 4.79 Å². The number of hydrogen-bond acceptors (Lipinski definition) is 5. The summed E-state index contributed by atoms with van der Waals surface area (Å²) in [6.45, 7) is 9.59. The number of hydrazone groups is 1. The first-order valence-electron chi connectivity index (χ1n) is 10.4. The number of hydrogen-bond donors (Lipinski definition) is 1. The predicted molar refractivity (Wildman–Crippen MR) is 126 cm³/mol. The molecule has 0 fully saturated rings. The van der Waals surface area contributed by atoms with Gasteiger partial charge < -0.3 is 14.4 Å². The maximum absolute atomic E-state index is 12.2. The number of ether oxygens (including phenoxy) is 2. The number of carbonyl (C=O) groups excluding carboxylic acids is 1. The number of likely N-dealkylation sites (N-methyl/N-ethyl adjacent to an activating group) is 1. The van der Waals surface area contributed by atoms with Crippen molar-refractivity contribution in [3.63, 3.8) is 0 Å². The molecule has 2 aromatic rings. The van der Waals surface area contributed by atoms with Crippen LogP contribution in [-0.2, 0) is 11.2 Å². The summed E-state index contributed by atoms with van der Waals surface area (Å²) in [5, 5.41) is 4.16. The highest BCUT2D eigenvalue weighted by atomic mass is 16.5. The number of fused-ring (bicyclic) bond motifs is 1. The first-order chi connectivity index (χ1) is 14.8. The van der Waals surface area contributed by atoms with Gasteiger partial charge >= 0.3 is 0 Å². The van der Waals surface area contributed by atoms with E-state index in [1.54, 1.807) is 20.4 Å². The number of nitrogens with one attached hydrogen (secondary N) is 1. The van der Waals surface area contributed by atoms with E-state index in [1.165, 1.54) is 5.57 Å². The molecule has 6 nitrogen and oxygen atoms in total. The molecule has 0 aromatic heterocycles. The number of amides is 1. The lowest BCUT2D eigenvalue weighted by atomic mass is 9.88. The van der Waals surface area contributed by atoms with Gasteiger partial charge in [0, 0.05) is 29.4 Å². The molecule has 1 aliphatic heterocycles. The molecule has 1 aliphatic rings. The number of carbonyl (C=O) groups is 1. The summed E-state index contributed by atoms with van der Waals surface area (Å²) >= 11 is 0. The van der Waals surface area contributed by atoms with E-state index in [-0.39, 0.29) is 17.9 Å². The third-order valence-electron chi connectivity index (χ3n) is 5.56. The summed E-state index contributed by atoms with van der Waals surface area (Å²) in [6, 6.07) is 11.5. The summed E-state index contributed by atoms with van der Waals surface area (Å²) in [4.78, 5) is 14.6. The summed E-state index contributed by atoms with van der Waals surface area (Å²) in [5.74, 6) is 1.29. The van der Waals surface area contributed by atoms with Crippen LogP contribution in [0.2, 0.25) is 0 Å². The van der Waals surface area contributed by atoms with Crippen molar-refractivity contribution in [1.82, 2.24) is 5.43 Å². The Morgan fingerprint density at radius 2 is 1.87 bits per heavy atom. The van der Waals surface area contributed by atoms with E-state index in [1.807, 2.05) is 24.3 Å². The van der Waals surface area contributed by atoms with Crippen molar-refractivity contribution in [2.24, 2.45) is 5.10 Å². The number of anilines is 1. The second kappa shape index (κ2) is 9.25. The van der Waals surface area contributed by atoms with Gasteiger partial charge in [0.05, 0.1) is 32.4 Å². The Hall–Kier alpha value is -3.28. The van der Waals surface area contributed by atoms with Gasteiger partial charge in [0.1, 0.15) is 11.5 Å². The zero-order valence-electron chi connectivity index (χ0n) is 19.2. The lowest BCUT2D eigenvalue weighted by Crippen LogP contribution is -2.44. The second-order valence-electron chi connectivity index (χ2n) is 8.15. The highest BCUT2D eigenvalue weighted by molar-refractivity contribution is 5.91. The molecule has 0 radical (unpaired) electrons. The second-order valence-corrected chi connectivity index (χ2v) is 8.15. The van der Waals surface area contributed by atoms with Crippen molar-refractivity contribution in [1.29, 1.82) is 0 Å². The molecule has 0 atom stereocenters. The Kier molecular flexibility index (Phi) is 6.68. The van der Waals surface area contributed by atoms with Crippen LogP contribution in [0.5, 0.6) is 11.5 Å². The van der Waals surface area contributed by atoms with Crippen molar-refractivity contribution < 1.29 is 14.3 Å². The molecule has 0 unspecified atom stereocenters. The van der Waals surface area contributed by atoms with Gasteiger partial charge in [-0.2, -0.15) is 5.10 Å². The van der Waals surface area contributed by atoms with Crippen LogP contribution in [0.4, 0.5) is 5.69 Å². The van der Waals surface area contributed by atoms with E-state index >= 15 is 0 Å². The SMILES string of the molecule is CCN1c2cc(OC)c(/C=N/NC(=O)Cc3ccc(OC)cc3)cc2C(C)=CC1(C)C. The van der Waals surface area contributed by atoms with Gasteiger partial charge in [-0.15, -0.1) is 0 Å². The minimum Gasteiger partial charge on any atom is -0.497 e. The molecule has 0 spiro atoms. The third-order valence-corrected chi connectivity index (χ3v) is 5.56. The van der Waals surface area contributed by atoms with Gasteiger partial charge in [0.15, 0.2) is 0 Å². The third kappa shape index (κ3) is 4.90. The summed E-state index contributed by atoms with van der Waals surface area (Å²) in [5.41, 5.74) is 7.74. The number of nitrogens with zero attached hydrogens (tertiary/aromatic N) is 2. The maximum Gasteiger partial charge on any atom is 0.244 e. The van der Waals surface area contributed by atoms with Crippen LogP contribution < -0.4 is 19.8 Å². The topological polar surface area (TPSA) is 63.2 Å². The van der Waals surface area contributed by atoms with Crippen LogP contribution in [0.15, 0.2) is 47.6 Å². The highest BCUT2D eigenvalue weighted by Crippen LogP contribution is 2.41. The van der Waals surface area contributed by atoms with Gasteiger partial charge in [-0.1, -0.05) is 18.2 Å². The van der Waals surface area contributed by atoms with Crippen molar-refractivity contribution >= 4 is 23.4 Å². The van der Waals surface area contributed by atoms with Gasteiger partial charge in [0.25, 0.3) is 0 Å². The molecule has 0 saturated carbocycles. The fourth-order valence-electron chi connectivity index (χ4n) is 4.12. The van der Waals surface area contributed by atoms with Gasteiger partial charge in [0.2, 0.25) is 5.91 Å². The zero-order chi connectivity index (χ0) is 22.6. The van der Waals surface area contributed by atoms with Crippen molar-refractivity contribution in [2.75, 3.05) is 25.7 Å². The molecule has 31 heavy (non-hydrogen) atoms. The van der Waals surface area contributed by atoms with E-state index in [4.69, 9.17) is 9.47 Å². The number of allylic oxidation sites excluding steroid dienone is 1. The quantitative estimate of drug-likeness (QED) is 0.531. The minimum atomic E-state index is -0.187. The lowest BCUT2D eigenvalue weighted by Gasteiger charge is -2.43. The number of rotatable bonds is 7. The molecular weight excluding hydrogens is 390 g/mol. The Morgan fingerprint density at radius 1 is 1.16 bits per heavy atom. The molecule has 0 saturated heterocycles. The first-order valence-corrected chi connectivity index (χ1v) is 10.4. The molecule has 3 rings (SSSR count). The van der Waals surface area contributed by atoms with Crippen molar-refractivity contribution in [2.45, 2.75) is 39.7 Å². The van der Waals surface area contributed by atoms with Crippen molar-refractivity contribution in [3.8, 4) is 11.5 Å². The molecule has 1 N–H and O–H groups in total. The molecule has 0 aliphatic carbocycles. The van der Waals surface area contributed by atoms with Crippen LogP contribution in [0.3, 0.4) is 0 Å². The minimum absolute atomic E-state index is 0.0676. The predicted octanol–water partition coefficient (Wildman–Crippen LogP) is 4.42. The van der Waals surface area contributed by atoms with E-state index in [2.05, 4.69) is 61.3 Å². The smallest absolute Gasteiger partial charge is 0.244 e. The summed E-state index contributed by atoms with van der Waals surface area (Å²) < 4.78 is 10.8. The molecule has 6 heteroatoms. The van der Waals surface area contributed by atoms with Crippen LogP contribution in [0.25, 0.3) is 5.57 Å². The molecule has 164 valence electrons. The number of benzene rings is 2. The van der Waals surface area contributed by atoms with E-state index < -0.39 is 0 Å². The average Bonchev–Trinajstić information content (AvgIpc) is 2.73. The summed E-state index contributed by atoms with van der Waals surface area (Å²) in [6.07, 6.45) is 4.16. The Bertz CT molecular complexity index is 1010. The molecule has 1 amide bonds. The lowest BCUT2D eigenvalue weighted by molar-refractivity contribution is -0.120. The number of methoxy groups -OCH3 is 2. The standard InChI is InChI=1S/C25H31N3O3/c1-7-28-22-14-23(31-6)19(13-21(22)17(2)15-25(28,3)4)16-26-27-24(29)12-18-8-10-20(30-5)11-9-18/h8-11,13-16H,7,12H2,1-6H3,(H,27,29)/b26-16+. The van der Waals surface area contributed by atoms with Crippen molar-refractivity contribution in [3.05, 3.63) is 59.2 Å². The average molecular weight is 422 g/mol. The van der Waals surface area contributed by atoms with Crippen LogP contribution in [-0.4, -0.2) is 38.4 Å². The van der Waals surface area contributed by atoms with Gasteiger partial charge in [-0.3, -0.25) is 4.79 Å². The Morgan fingerprint density at radius 3 is 2.48 bits per heavy atom. The Labute approximate surface area is 184 Å². The maximum atomic E-state index is 12.2. The van der Waals surface area contributed by atoms with Gasteiger partial charge in [-0.25, -0.2) is 5.43 Å². The largest absolute Gasteiger partial charge is 0.497 e. The fourth-order valence-corrected chi connectivity index (χ4v) is 4.12. The zero-order valence-corrected chi connectivity index (χ0v) is 19.2. The van der Waals surface area contributed by atoms with Crippen LogP contribution in [0.1, 0.15) is 44.4 Å². The molecule has 0 bridgehead atoms. The normalized spacial score (nSPS) is 14.8. The molecular formula is C25H31N3O3. The Balaban J connectivity index is 1.77. The van der Waals surface area contributed by atoms with Crippen LogP contribution in [0, 0.1) is 0 Å². The molecule has 1 heterocycles. The van der Waals surface area contributed by atoms with E-state index in [0.717, 1.165) is 40.4 Å². The monoisotopic (exact) mass is 421 g/mol. The molecule has 2 aromatic carbocycles. The highest BCUT2D eigenvalue weighted by Gasteiger charge is 2.31. The first kappa shape index (κ1) is 22.4. The van der Waals surface area contributed by atoms with Gasteiger partial charge in [-0.05, 0) is 57.0 Å². The summed E-state index contributed by atoms with van der Waals surface area (Å²) in [7, 11) is 3.26.